The third-order valence-corrected chi connectivity index (χ3v) is 3.58. The lowest BCUT2D eigenvalue weighted by atomic mass is 10.2. The maximum absolute atomic E-state index is 11.8. The number of carbonyl (C=O) groups excluding carboxylic acids is 2. The van der Waals surface area contributed by atoms with E-state index in [9.17, 15) is 9.59 Å². The fraction of sp³-hybridized carbons (Fsp3) is 0.167. The van der Waals surface area contributed by atoms with Gasteiger partial charge in [0.15, 0.2) is 11.5 Å². The van der Waals surface area contributed by atoms with E-state index in [1.54, 1.807) is 24.3 Å². The first-order chi connectivity index (χ1) is 12.6. The monoisotopic (exact) mass is 355 g/mol. The summed E-state index contributed by atoms with van der Waals surface area (Å²) < 4.78 is 15.8. The van der Waals surface area contributed by atoms with Gasteiger partial charge in [0.05, 0.1) is 13.3 Å². The summed E-state index contributed by atoms with van der Waals surface area (Å²) in [6, 6.07) is 10.4. The highest BCUT2D eigenvalue weighted by molar-refractivity contribution is 6.39. The zero-order valence-corrected chi connectivity index (χ0v) is 14.2. The van der Waals surface area contributed by atoms with Crippen molar-refractivity contribution in [1.82, 2.24) is 5.43 Å². The standard InChI is InChI=1S/C18H17N3O5/c1-11-3-5-13(6-4-11)20-17(22)18(23)21-19-9-12-7-14(24-2)16-15(8-12)25-10-26-16/h3-9H,10H2,1-2H3,(H,20,22)(H,21,23)/b19-9-. The second kappa shape index (κ2) is 7.56. The number of amides is 2. The van der Waals surface area contributed by atoms with E-state index in [2.05, 4.69) is 15.8 Å². The molecule has 0 fully saturated rings. The van der Waals surface area contributed by atoms with E-state index in [1.165, 1.54) is 13.3 Å². The molecule has 0 saturated heterocycles. The Morgan fingerprint density at radius 1 is 1.15 bits per heavy atom. The zero-order valence-electron chi connectivity index (χ0n) is 14.2. The van der Waals surface area contributed by atoms with Crippen LogP contribution in [0.4, 0.5) is 5.69 Å². The first-order valence-electron chi connectivity index (χ1n) is 7.75. The van der Waals surface area contributed by atoms with E-state index in [4.69, 9.17) is 14.2 Å². The van der Waals surface area contributed by atoms with Gasteiger partial charge in [0.2, 0.25) is 12.5 Å². The summed E-state index contributed by atoms with van der Waals surface area (Å²) in [5.74, 6) is -0.158. The first-order valence-corrected chi connectivity index (χ1v) is 7.75. The zero-order chi connectivity index (χ0) is 18.5. The number of nitrogens with one attached hydrogen (secondary N) is 2. The number of nitrogens with zero attached hydrogens (tertiary/aromatic N) is 1. The summed E-state index contributed by atoms with van der Waals surface area (Å²) in [4.78, 5) is 23.6. The Morgan fingerprint density at radius 3 is 2.65 bits per heavy atom. The van der Waals surface area contributed by atoms with Gasteiger partial charge in [-0.1, -0.05) is 17.7 Å². The summed E-state index contributed by atoms with van der Waals surface area (Å²) in [7, 11) is 1.51. The molecule has 0 aromatic heterocycles. The van der Waals surface area contributed by atoms with Crippen LogP contribution in [0, 0.1) is 6.92 Å². The maximum Gasteiger partial charge on any atom is 0.329 e. The molecule has 2 aromatic rings. The fourth-order valence-corrected chi connectivity index (χ4v) is 2.27. The summed E-state index contributed by atoms with van der Waals surface area (Å²) in [5, 5.41) is 6.27. The predicted octanol–water partition coefficient (Wildman–Crippen LogP) is 1.82. The average molecular weight is 355 g/mol. The second-order valence-electron chi connectivity index (χ2n) is 5.48. The largest absolute Gasteiger partial charge is 0.493 e. The quantitative estimate of drug-likeness (QED) is 0.495. The molecule has 8 heteroatoms. The van der Waals surface area contributed by atoms with Crippen molar-refractivity contribution in [1.29, 1.82) is 0 Å². The number of rotatable bonds is 4. The molecule has 134 valence electrons. The molecule has 0 aliphatic carbocycles. The van der Waals surface area contributed by atoms with Crippen molar-refractivity contribution in [3.63, 3.8) is 0 Å². The number of methoxy groups -OCH3 is 1. The number of anilines is 1. The van der Waals surface area contributed by atoms with E-state index in [0.717, 1.165) is 5.56 Å². The van der Waals surface area contributed by atoms with Gasteiger partial charge in [0.1, 0.15) is 0 Å². The molecule has 26 heavy (non-hydrogen) atoms. The van der Waals surface area contributed by atoms with Gasteiger partial charge in [-0.25, -0.2) is 5.43 Å². The highest BCUT2D eigenvalue weighted by atomic mass is 16.7. The van der Waals surface area contributed by atoms with Crippen molar-refractivity contribution >= 4 is 23.7 Å². The molecule has 2 amide bonds. The van der Waals surface area contributed by atoms with E-state index in [0.29, 0.717) is 28.5 Å². The van der Waals surface area contributed by atoms with Gasteiger partial charge in [0, 0.05) is 11.3 Å². The van der Waals surface area contributed by atoms with E-state index in [1.807, 2.05) is 19.1 Å². The number of aryl methyl sites for hydroxylation is 1. The number of carbonyl (C=O) groups is 2. The van der Waals surface area contributed by atoms with Crippen LogP contribution < -0.4 is 25.0 Å². The van der Waals surface area contributed by atoms with Crippen molar-refractivity contribution in [3.05, 3.63) is 47.5 Å². The Hall–Kier alpha value is -3.55. The minimum Gasteiger partial charge on any atom is -0.493 e. The van der Waals surface area contributed by atoms with Gasteiger partial charge < -0.3 is 19.5 Å². The Kier molecular flexibility index (Phi) is 5.02. The van der Waals surface area contributed by atoms with Crippen LogP contribution in [0.2, 0.25) is 0 Å². The normalized spacial score (nSPS) is 12.1. The Morgan fingerprint density at radius 2 is 1.92 bits per heavy atom. The molecule has 0 spiro atoms. The highest BCUT2D eigenvalue weighted by Gasteiger charge is 2.19. The molecular formula is C18H17N3O5. The minimum absolute atomic E-state index is 0.113. The van der Waals surface area contributed by atoms with Crippen LogP contribution in [0.3, 0.4) is 0 Å². The number of hydrogen-bond acceptors (Lipinski definition) is 6. The molecular weight excluding hydrogens is 338 g/mol. The molecule has 2 N–H and O–H groups in total. The lowest BCUT2D eigenvalue weighted by Crippen LogP contribution is -2.32. The number of ether oxygens (including phenoxy) is 3. The van der Waals surface area contributed by atoms with Crippen molar-refractivity contribution in [2.75, 3.05) is 19.2 Å². The van der Waals surface area contributed by atoms with Gasteiger partial charge in [-0.3, -0.25) is 9.59 Å². The second-order valence-corrected chi connectivity index (χ2v) is 5.48. The van der Waals surface area contributed by atoms with Crippen molar-refractivity contribution < 1.29 is 23.8 Å². The van der Waals surface area contributed by atoms with Gasteiger partial charge in [-0.2, -0.15) is 5.10 Å². The van der Waals surface area contributed by atoms with Crippen molar-refractivity contribution in [2.45, 2.75) is 6.92 Å². The molecule has 0 saturated carbocycles. The molecule has 3 rings (SSSR count). The Balaban J connectivity index is 1.60. The number of benzene rings is 2. The summed E-state index contributed by atoms with van der Waals surface area (Å²) in [6.07, 6.45) is 1.38. The van der Waals surface area contributed by atoms with Gasteiger partial charge in [0.25, 0.3) is 0 Å². The van der Waals surface area contributed by atoms with Crippen LogP contribution in [-0.2, 0) is 9.59 Å². The first kappa shape index (κ1) is 17.3. The molecule has 0 bridgehead atoms. The lowest BCUT2D eigenvalue weighted by molar-refractivity contribution is -0.136. The SMILES string of the molecule is COc1cc(/C=N\NC(=O)C(=O)Nc2ccc(C)cc2)cc2c1OCO2. The summed E-state index contributed by atoms with van der Waals surface area (Å²) >= 11 is 0. The maximum atomic E-state index is 11.8. The number of hydrogen-bond donors (Lipinski definition) is 2. The van der Waals surface area contributed by atoms with E-state index in [-0.39, 0.29) is 6.79 Å². The molecule has 1 aliphatic rings. The minimum atomic E-state index is -0.880. The Bertz CT molecular complexity index is 862. The van der Waals surface area contributed by atoms with Crippen molar-refractivity contribution in [3.8, 4) is 17.2 Å². The molecule has 0 atom stereocenters. The smallest absolute Gasteiger partial charge is 0.329 e. The van der Waals surface area contributed by atoms with E-state index < -0.39 is 11.8 Å². The predicted molar refractivity (Wildman–Crippen MR) is 94.7 cm³/mol. The summed E-state index contributed by atoms with van der Waals surface area (Å²) in [5.41, 5.74) is 4.37. The van der Waals surface area contributed by atoms with Gasteiger partial charge in [-0.15, -0.1) is 0 Å². The van der Waals surface area contributed by atoms with Crippen LogP contribution in [-0.4, -0.2) is 31.9 Å². The van der Waals surface area contributed by atoms with Crippen LogP contribution in [0.5, 0.6) is 17.2 Å². The summed E-state index contributed by atoms with van der Waals surface area (Å²) in [6.45, 7) is 2.04. The highest BCUT2D eigenvalue weighted by Crippen LogP contribution is 2.41. The van der Waals surface area contributed by atoms with Crippen LogP contribution >= 0.6 is 0 Å². The molecule has 2 aromatic carbocycles. The molecule has 8 nitrogen and oxygen atoms in total. The topological polar surface area (TPSA) is 98.2 Å². The van der Waals surface area contributed by atoms with Crippen LogP contribution in [0.15, 0.2) is 41.5 Å². The molecule has 0 unspecified atom stereocenters. The third-order valence-electron chi connectivity index (χ3n) is 3.58. The third kappa shape index (κ3) is 3.92. The number of fused-ring (bicyclic) bond motifs is 1. The van der Waals surface area contributed by atoms with Gasteiger partial charge in [-0.05, 0) is 31.2 Å². The average Bonchev–Trinajstić information content (AvgIpc) is 3.11. The number of hydrazone groups is 1. The lowest BCUT2D eigenvalue weighted by Gasteiger charge is -2.06. The van der Waals surface area contributed by atoms with Crippen molar-refractivity contribution in [2.24, 2.45) is 5.10 Å². The Labute approximate surface area is 149 Å². The van der Waals surface area contributed by atoms with Crippen LogP contribution in [0.25, 0.3) is 0 Å². The van der Waals surface area contributed by atoms with Crippen LogP contribution in [0.1, 0.15) is 11.1 Å². The van der Waals surface area contributed by atoms with E-state index >= 15 is 0 Å². The van der Waals surface area contributed by atoms with Gasteiger partial charge >= 0.3 is 11.8 Å². The molecule has 1 aliphatic heterocycles. The molecule has 1 heterocycles. The molecule has 0 radical (unpaired) electrons. The fourth-order valence-electron chi connectivity index (χ4n) is 2.27.